The first-order chi connectivity index (χ1) is 4.27. The summed E-state index contributed by atoms with van der Waals surface area (Å²) < 4.78 is 0. The number of carboxylic acid groups (broad SMARTS) is 1. The largest absolute Gasteiger partial charge is 0.478 e. The molecule has 2 N–H and O–H groups in total. The SMILES string of the molecule is CCNCC=CC(=O)O. The zero-order chi connectivity index (χ0) is 7.11. The van der Waals surface area contributed by atoms with Crippen LogP contribution in [0.1, 0.15) is 6.92 Å². The van der Waals surface area contributed by atoms with Crippen molar-refractivity contribution in [2.45, 2.75) is 6.92 Å². The quantitative estimate of drug-likeness (QED) is 0.422. The van der Waals surface area contributed by atoms with Gasteiger partial charge in [0.1, 0.15) is 0 Å². The van der Waals surface area contributed by atoms with Crippen LogP contribution in [-0.4, -0.2) is 24.2 Å². The third-order valence-electron chi connectivity index (χ3n) is 0.773. The Morgan fingerprint density at radius 3 is 2.89 bits per heavy atom. The molecule has 3 heteroatoms. The summed E-state index contributed by atoms with van der Waals surface area (Å²) >= 11 is 0. The summed E-state index contributed by atoms with van der Waals surface area (Å²) in [7, 11) is 0. The number of nitrogens with one attached hydrogen (secondary N) is 1. The van der Waals surface area contributed by atoms with E-state index in [9.17, 15) is 4.79 Å². The number of hydrogen-bond donors (Lipinski definition) is 2. The van der Waals surface area contributed by atoms with Crippen LogP contribution in [0.3, 0.4) is 0 Å². The van der Waals surface area contributed by atoms with Crippen molar-refractivity contribution in [3.8, 4) is 0 Å². The first-order valence-corrected chi connectivity index (χ1v) is 2.87. The molecule has 0 aromatic heterocycles. The van der Waals surface area contributed by atoms with Crippen molar-refractivity contribution >= 4 is 5.97 Å². The van der Waals surface area contributed by atoms with Crippen LogP contribution in [0.25, 0.3) is 0 Å². The monoisotopic (exact) mass is 129 g/mol. The van der Waals surface area contributed by atoms with Crippen molar-refractivity contribution in [2.24, 2.45) is 0 Å². The Morgan fingerprint density at radius 2 is 2.44 bits per heavy atom. The number of carboxylic acids is 1. The molecule has 0 aromatic rings. The maximum atomic E-state index is 9.85. The summed E-state index contributed by atoms with van der Waals surface area (Å²) in [5.74, 6) is -0.895. The summed E-state index contributed by atoms with van der Waals surface area (Å²) in [5, 5.41) is 11.1. The van der Waals surface area contributed by atoms with Crippen LogP contribution >= 0.6 is 0 Å². The molecule has 0 heterocycles. The van der Waals surface area contributed by atoms with Crippen LogP contribution < -0.4 is 5.32 Å². The van der Waals surface area contributed by atoms with Crippen LogP contribution in [0.4, 0.5) is 0 Å². The van der Waals surface area contributed by atoms with Gasteiger partial charge in [-0.25, -0.2) is 4.79 Å². The molecule has 0 atom stereocenters. The summed E-state index contributed by atoms with van der Waals surface area (Å²) in [5.41, 5.74) is 0. The maximum Gasteiger partial charge on any atom is 0.328 e. The molecule has 0 radical (unpaired) electrons. The fourth-order valence-corrected chi connectivity index (χ4v) is 0.387. The minimum absolute atomic E-state index is 0.628. The Morgan fingerprint density at radius 1 is 1.78 bits per heavy atom. The fourth-order valence-electron chi connectivity index (χ4n) is 0.387. The van der Waals surface area contributed by atoms with Crippen molar-refractivity contribution in [3.05, 3.63) is 12.2 Å². The molecular weight excluding hydrogens is 118 g/mol. The zero-order valence-corrected chi connectivity index (χ0v) is 5.42. The third kappa shape index (κ3) is 7.17. The van der Waals surface area contributed by atoms with Crippen LogP contribution in [-0.2, 0) is 4.79 Å². The predicted octanol–water partition coefficient (Wildman–Crippen LogP) is 0.237. The number of rotatable bonds is 4. The molecule has 0 rings (SSSR count). The Hall–Kier alpha value is -0.830. The molecule has 3 nitrogen and oxygen atoms in total. The van der Waals surface area contributed by atoms with E-state index in [0.717, 1.165) is 12.6 Å². The highest BCUT2D eigenvalue weighted by Gasteiger charge is 1.81. The molecule has 0 spiro atoms. The van der Waals surface area contributed by atoms with E-state index in [0.29, 0.717) is 6.54 Å². The summed E-state index contributed by atoms with van der Waals surface area (Å²) in [6.07, 6.45) is 2.70. The van der Waals surface area contributed by atoms with Crippen LogP contribution in [0.15, 0.2) is 12.2 Å². The van der Waals surface area contributed by atoms with Gasteiger partial charge < -0.3 is 10.4 Å². The van der Waals surface area contributed by atoms with Gasteiger partial charge in [0.15, 0.2) is 0 Å². The van der Waals surface area contributed by atoms with Gasteiger partial charge in [-0.2, -0.15) is 0 Å². The summed E-state index contributed by atoms with van der Waals surface area (Å²) in [6.45, 7) is 3.46. The lowest BCUT2D eigenvalue weighted by Gasteiger charge is -1.90. The van der Waals surface area contributed by atoms with Gasteiger partial charge in [0.2, 0.25) is 0 Å². The molecule has 0 saturated heterocycles. The molecule has 0 fully saturated rings. The standard InChI is InChI=1S/C6H11NO2/c1-2-7-5-3-4-6(8)9/h3-4,7H,2,5H2,1H3,(H,8,9). The Bertz CT molecular complexity index is 110. The zero-order valence-electron chi connectivity index (χ0n) is 5.42. The topological polar surface area (TPSA) is 49.3 Å². The smallest absolute Gasteiger partial charge is 0.328 e. The van der Waals surface area contributed by atoms with Crippen LogP contribution in [0, 0.1) is 0 Å². The van der Waals surface area contributed by atoms with E-state index >= 15 is 0 Å². The molecule has 52 valence electrons. The second-order valence-electron chi connectivity index (χ2n) is 1.55. The van der Waals surface area contributed by atoms with Crippen molar-refractivity contribution in [1.82, 2.24) is 5.32 Å². The molecular formula is C6H11NO2. The first kappa shape index (κ1) is 8.17. The van der Waals surface area contributed by atoms with Crippen LogP contribution in [0.2, 0.25) is 0 Å². The van der Waals surface area contributed by atoms with Gasteiger partial charge in [0.25, 0.3) is 0 Å². The lowest BCUT2D eigenvalue weighted by Crippen LogP contribution is -2.11. The second-order valence-corrected chi connectivity index (χ2v) is 1.55. The van der Waals surface area contributed by atoms with Gasteiger partial charge in [-0.1, -0.05) is 13.0 Å². The Labute approximate surface area is 54.4 Å². The van der Waals surface area contributed by atoms with E-state index in [1.54, 1.807) is 6.08 Å². The molecule has 0 aliphatic carbocycles. The van der Waals surface area contributed by atoms with Crippen LogP contribution in [0.5, 0.6) is 0 Å². The molecule has 0 aliphatic heterocycles. The first-order valence-electron chi connectivity index (χ1n) is 2.87. The molecule has 0 bridgehead atoms. The summed E-state index contributed by atoms with van der Waals surface area (Å²) in [4.78, 5) is 9.85. The van der Waals surface area contributed by atoms with Crippen molar-refractivity contribution in [1.29, 1.82) is 0 Å². The third-order valence-corrected chi connectivity index (χ3v) is 0.773. The maximum absolute atomic E-state index is 9.85. The number of aliphatic carboxylic acids is 1. The van der Waals surface area contributed by atoms with E-state index in [1.165, 1.54) is 0 Å². The van der Waals surface area contributed by atoms with E-state index in [4.69, 9.17) is 5.11 Å². The molecule has 0 aliphatic rings. The molecule has 0 aromatic carbocycles. The van der Waals surface area contributed by atoms with Crippen molar-refractivity contribution < 1.29 is 9.90 Å². The van der Waals surface area contributed by atoms with Crippen molar-refractivity contribution in [2.75, 3.05) is 13.1 Å². The van der Waals surface area contributed by atoms with Gasteiger partial charge in [0, 0.05) is 12.6 Å². The fraction of sp³-hybridized carbons (Fsp3) is 0.500. The average Bonchev–Trinajstić information content (AvgIpc) is 1.80. The molecule has 0 amide bonds. The normalized spacial score (nSPS) is 10.3. The average molecular weight is 129 g/mol. The summed E-state index contributed by atoms with van der Waals surface area (Å²) in [6, 6.07) is 0. The van der Waals surface area contributed by atoms with Crippen molar-refractivity contribution in [3.63, 3.8) is 0 Å². The van der Waals surface area contributed by atoms with Gasteiger partial charge >= 0.3 is 5.97 Å². The molecule has 9 heavy (non-hydrogen) atoms. The second kappa shape index (κ2) is 5.31. The molecule has 0 saturated carbocycles. The predicted molar refractivity (Wildman–Crippen MR) is 35.3 cm³/mol. The van der Waals surface area contributed by atoms with E-state index in [2.05, 4.69) is 5.32 Å². The minimum Gasteiger partial charge on any atom is -0.478 e. The highest BCUT2D eigenvalue weighted by molar-refractivity contribution is 5.79. The number of hydrogen-bond acceptors (Lipinski definition) is 2. The minimum atomic E-state index is -0.895. The highest BCUT2D eigenvalue weighted by atomic mass is 16.4. The van der Waals surface area contributed by atoms with Gasteiger partial charge in [0.05, 0.1) is 0 Å². The molecule has 0 unspecified atom stereocenters. The van der Waals surface area contributed by atoms with Gasteiger partial charge in [-0.3, -0.25) is 0 Å². The van der Waals surface area contributed by atoms with E-state index in [-0.39, 0.29) is 0 Å². The lowest BCUT2D eigenvalue weighted by molar-refractivity contribution is -0.131. The lowest BCUT2D eigenvalue weighted by atomic mass is 10.5. The number of carbonyl (C=O) groups is 1. The number of likely N-dealkylation sites (N-methyl/N-ethyl adjacent to an activating group) is 1. The van der Waals surface area contributed by atoms with E-state index in [1.807, 2.05) is 6.92 Å². The van der Waals surface area contributed by atoms with E-state index < -0.39 is 5.97 Å². The Kier molecular flexibility index (Phi) is 4.82. The van der Waals surface area contributed by atoms with Gasteiger partial charge in [-0.15, -0.1) is 0 Å². The van der Waals surface area contributed by atoms with Gasteiger partial charge in [-0.05, 0) is 6.54 Å². The Balaban J connectivity index is 3.15. The highest BCUT2D eigenvalue weighted by Crippen LogP contribution is 1.69.